The molecule has 8 nitrogen and oxygen atoms in total. The topological polar surface area (TPSA) is 88.9 Å². The predicted molar refractivity (Wildman–Crippen MR) is 115 cm³/mol. The fourth-order valence-corrected chi connectivity index (χ4v) is 3.84. The number of hydrogen-bond donors (Lipinski definition) is 1. The van der Waals surface area contributed by atoms with E-state index < -0.39 is 24.4 Å². The van der Waals surface area contributed by atoms with Gasteiger partial charge in [-0.05, 0) is 32.0 Å². The Morgan fingerprint density at radius 3 is 2.68 bits per heavy atom. The lowest BCUT2D eigenvalue weighted by atomic mass is 10.1. The van der Waals surface area contributed by atoms with Crippen molar-refractivity contribution in [2.24, 2.45) is 0 Å². The van der Waals surface area contributed by atoms with Gasteiger partial charge in [-0.15, -0.1) is 0 Å². The molecule has 1 saturated heterocycles. The summed E-state index contributed by atoms with van der Waals surface area (Å²) in [7, 11) is 0. The molecule has 0 spiro atoms. The van der Waals surface area contributed by atoms with E-state index >= 15 is 0 Å². The molecule has 4 rings (SSSR count). The van der Waals surface area contributed by atoms with Crippen molar-refractivity contribution in [3.05, 3.63) is 54.5 Å². The van der Waals surface area contributed by atoms with Crippen molar-refractivity contribution in [1.82, 2.24) is 29.6 Å². The Morgan fingerprint density at radius 2 is 1.97 bits per heavy atom. The van der Waals surface area contributed by atoms with Crippen LogP contribution in [0.4, 0.5) is 17.6 Å². The first-order valence-corrected chi connectivity index (χ1v) is 10.5. The molecule has 34 heavy (non-hydrogen) atoms. The summed E-state index contributed by atoms with van der Waals surface area (Å²) in [6.45, 7) is 2.98. The summed E-state index contributed by atoms with van der Waals surface area (Å²) in [5.74, 6) is -1.02. The second-order valence-electron chi connectivity index (χ2n) is 8.05. The number of carbonyl (C=O) groups is 1. The maximum Gasteiger partial charge on any atom is 0.408 e. The van der Waals surface area contributed by atoms with E-state index in [2.05, 4.69) is 20.1 Å². The summed E-state index contributed by atoms with van der Waals surface area (Å²) >= 11 is 0. The molecule has 1 N–H and O–H groups in total. The van der Waals surface area contributed by atoms with Crippen molar-refractivity contribution >= 4 is 16.8 Å². The number of carbonyl (C=O) groups excluding carboxylic acids is 1. The predicted octanol–water partition coefficient (Wildman–Crippen LogP) is 3.90. The van der Waals surface area contributed by atoms with Crippen molar-refractivity contribution in [3.63, 3.8) is 0 Å². The molecule has 4 heterocycles. The van der Waals surface area contributed by atoms with Crippen molar-refractivity contribution in [3.8, 4) is 11.4 Å². The zero-order valence-corrected chi connectivity index (χ0v) is 18.4. The molecule has 3 aromatic heterocycles. The SMILES string of the molecule is CC1CN(C(=O)c2cc3c(cn2)c(-c2cncccc(F)c[nH]2)nn3CC(F)(F)F)CC(C)O1. The van der Waals surface area contributed by atoms with Gasteiger partial charge in [-0.1, -0.05) is 0 Å². The third kappa shape index (κ3) is 5.33. The number of morpholine rings is 1. The fraction of sp³-hybridized carbons (Fsp3) is 0.364. The minimum atomic E-state index is -4.56. The number of nitrogens with one attached hydrogen (secondary N) is 1. The Labute approximate surface area is 191 Å². The van der Waals surface area contributed by atoms with Gasteiger partial charge in [0.15, 0.2) is 0 Å². The number of pyridine rings is 1. The van der Waals surface area contributed by atoms with Crippen molar-refractivity contribution in [1.29, 1.82) is 0 Å². The second kappa shape index (κ2) is 9.37. The highest BCUT2D eigenvalue weighted by atomic mass is 19.4. The van der Waals surface area contributed by atoms with E-state index in [9.17, 15) is 22.4 Å². The molecular formula is C22H22F4N6O2. The third-order valence-corrected chi connectivity index (χ3v) is 5.14. The van der Waals surface area contributed by atoms with Crippen molar-refractivity contribution in [2.75, 3.05) is 13.1 Å². The molecule has 0 radical (unpaired) electrons. The molecule has 12 heteroatoms. The average Bonchev–Trinajstić information content (AvgIpc) is 3.14. The van der Waals surface area contributed by atoms with Crippen LogP contribution in [-0.2, 0) is 11.3 Å². The molecule has 3 aromatic rings. The number of hydrogen-bond acceptors (Lipinski definition) is 5. The first-order valence-electron chi connectivity index (χ1n) is 10.5. The Bertz CT molecular complexity index is 1240. The first-order chi connectivity index (χ1) is 16.1. The number of alkyl halides is 3. The van der Waals surface area contributed by atoms with Gasteiger partial charge in [-0.3, -0.25) is 19.4 Å². The van der Waals surface area contributed by atoms with Gasteiger partial charge in [0.05, 0.1) is 29.6 Å². The zero-order chi connectivity index (χ0) is 24.5. The molecule has 0 saturated carbocycles. The Hall–Kier alpha value is -3.54. The monoisotopic (exact) mass is 478 g/mol. The summed E-state index contributed by atoms with van der Waals surface area (Å²) < 4.78 is 60.1. The van der Waals surface area contributed by atoms with Crippen LogP contribution in [-0.4, -0.2) is 67.0 Å². The van der Waals surface area contributed by atoms with Crippen LogP contribution in [0.5, 0.6) is 0 Å². The van der Waals surface area contributed by atoms with Crippen LogP contribution >= 0.6 is 0 Å². The summed E-state index contributed by atoms with van der Waals surface area (Å²) in [5, 5.41) is 4.35. The Balaban J connectivity index is 1.82. The van der Waals surface area contributed by atoms with Gasteiger partial charge >= 0.3 is 6.18 Å². The Kier molecular flexibility index (Phi) is 6.51. The molecule has 1 amide bonds. The van der Waals surface area contributed by atoms with Crippen LogP contribution < -0.4 is 0 Å². The summed E-state index contributed by atoms with van der Waals surface area (Å²) in [6.07, 6.45) is 0.0588. The smallest absolute Gasteiger partial charge is 0.372 e. The van der Waals surface area contributed by atoms with Gasteiger partial charge in [0, 0.05) is 37.1 Å². The van der Waals surface area contributed by atoms with E-state index in [1.54, 1.807) is 4.90 Å². The number of nitrogens with zero attached hydrogens (tertiary/aromatic N) is 5. The Morgan fingerprint density at radius 1 is 1.24 bits per heavy atom. The molecule has 0 bridgehead atoms. The summed E-state index contributed by atoms with van der Waals surface area (Å²) in [5.41, 5.74) is 0.308. The maximum absolute atomic E-state index is 13.8. The van der Waals surface area contributed by atoms with E-state index in [-0.39, 0.29) is 40.2 Å². The number of fused-ring (bicyclic) bond motifs is 1. The van der Waals surface area contributed by atoms with Crippen LogP contribution in [0.1, 0.15) is 24.3 Å². The lowest BCUT2D eigenvalue weighted by Gasteiger charge is -2.35. The molecule has 0 aliphatic carbocycles. The van der Waals surface area contributed by atoms with Gasteiger partial charge in [0.2, 0.25) is 0 Å². The number of halogens is 4. The largest absolute Gasteiger partial charge is 0.408 e. The first kappa shape index (κ1) is 23.6. The lowest BCUT2D eigenvalue weighted by Crippen LogP contribution is -2.48. The minimum Gasteiger partial charge on any atom is -0.372 e. The molecule has 180 valence electrons. The quantitative estimate of drug-likeness (QED) is 0.577. The second-order valence-corrected chi connectivity index (χ2v) is 8.05. The number of aromatic amines is 1. The highest BCUT2D eigenvalue weighted by molar-refractivity contribution is 5.98. The van der Waals surface area contributed by atoms with Gasteiger partial charge < -0.3 is 14.6 Å². The number of rotatable bonds is 3. The van der Waals surface area contributed by atoms with E-state index in [4.69, 9.17) is 4.74 Å². The molecule has 1 aliphatic heterocycles. The van der Waals surface area contributed by atoms with Crippen LogP contribution in [0.15, 0.2) is 43.0 Å². The van der Waals surface area contributed by atoms with Gasteiger partial charge in [0.25, 0.3) is 5.91 Å². The van der Waals surface area contributed by atoms with Gasteiger partial charge in [0.1, 0.15) is 23.7 Å². The molecule has 1 aliphatic rings. The van der Waals surface area contributed by atoms with Crippen LogP contribution in [0.2, 0.25) is 0 Å². The summed E-state index contributed by atoms with van der Waals surface area (Å²) in [4.78, 5) is 25.5. The van der Waals surface area contributed by atoms with E-state index in [1.807, 2.05) is 13.8 Å². The minimum absolute atomic E-state index is 0.00626. The van der Waals surface area contributed by atoms with Crippen LogP contribution in [0, 0.1) is 5.82 Å². The number of amides is 1. The highest BCUT2D eigenvalue weighted by Crippen LogP contribution is 2.29. The summed E-state index contributed by atoms with van der Waals surface area (Å²) in [6, 6.07) is 3.84. The van der Waals surface area contributed by atoms with Gasteiger partial charge in [-0.25, -0.2) is 4.39 Å². The maximum atomic E-state index is 13.8. The lowest BCUT2D eigenvalue weighted by molar-refractivity contribution is -0.141. The number of ether oxygens (including phenoxy) is 1. The van der Waals surface area contributed by atoms with Crippen LogP contribution in [0.3, 0.4) is 0 Å². The fourth-order valence-electron chi connectivity index (χ4n) is 3.84. The van der Waals surface area contributed by atoms with Crippen molar-refractivity contribution in [2.45, 2.75) is 38.8 Å². The molecule has 0 aromatic carbocycles. The van der Waals surface area contributed by atoms with E-state index in [0.717, 1.165) is 10.9 Å². The normalized spacial score (nSPS) is 18.7. The van der Waals surface area contributed by atoms with Crippen LogP contribution in [0.25, 0.3) is 22.3 Å². The van der Waals surface area contributed by atoms with Gasteiger partial charge in [-0.2, -0.15) is 18.3 Å². The standard InChI is InChI=1S/C22H22F4N6O2/c1-13-10-31(11-14(2)34-13)21(33)17-6-19-16(8-29-17)20(30-32(19)12-22(24,25)26)18-9-27-5-3-4-15(23)7-28-18/h3-9,13-14,28H,10-12H2,1-2H3. The zero-order valence-electron chi connectivity index (χ0n) is 18.4. The van der Waals surface area contributed by atoms with Crippen molar-refractivity contribution < 1.29 is 27.1 Å². The van der Waals surface area contributed by atoms with E-state index in [1.165, 1.54) is 36.8 Å². The molecule has 2 unspecified atom stereocenters. The van der Waals surface area contributed by atoms with E-state index in [0.29, 0.717) is 13.1 Å². The average molecular weight is 478 g/mol. The number of H-pyrrole nitrogens is 1. The molecule has 1 fully saturated rings. The molecular weight excluding hydrogens is 456 g/mol. The highest BCUT2D eigenvalue weighted by Gasteiger charge is 2.31. The third-order valence-electron chi connectivity index (χ3n) is 5.14. The molecule has 2 atom stereocenters. The number of aromatic nitrogens is 5.